The highest BCUT2D eigenvalue weighted by atomic mass is 79.9. The highest BCUT2D eigenvalue weighted by molar-refractivity contribution is 9.10. The molecule has 1 aromatic carbocycles. The Bertz CT molecular complexity index is 507. The van der Waals surface area contributed by atoms with Gasteiger partial charge in [-0.2, -0.15) is 0 Å². The van der Waals surface area contributed by atoms with Crippen molar-refractivity contribution in [2.24, 2.45) is 0 Å². The van der Waals surface area contributed by atoms with Crippen molar-refractivity contribution in [3.63, 3.8) is 0 Å². The third-order valence-corrected chi connectivity index (χ3v) is 3.77. The van der Waals surface area contributed by atoms with Crippen LogP contribution in [0.25, 0.3) is 0 Å². The van der Waals surface area contributed by atoms with Crippen LogP contribution < -0.4 is 11.1 Å². The van der Waals surface area contributed by atoms with E-state index in [0.29, 0.717) is 42.2 Å². The van der Waals surface area contributed by atoms with Crippen molar-refractivity contribution in [3.8, 4) is 0 Å². The van der Waals surface area contributed by atoms with Crippen LogP contribution >= 0.6 is 15.9 Å². The smallest absolute Gasteiger partial charge is 0.244 e. The SMILES string of the molecule is CC(Nc1cc(F)c(Br)cc1N)C(=O)N1CCOCC1. The second-order valence-electron chi connectivity index (χ2n) is 4.66. The van der Waals surface area contributed by atoms with Gasteiger partial charge in [-0.15, -0.1) is 0 Å². The fraction of sp³-hybridized carbons (Fsp3) is 0.462. The van der Waals surface area contributed by atoms with Crippen LogP contribution in [0.2, 0.25) is 0 Å². The van der Waals surface area contributed by atoms with E-state index in [4.69, 9.17) is 10.5 Å². The van der Waals surface area contributed by atoms with Crippen LogP contribution in [-0.2, 0) is 9.53 Å². The molecule has 1 heterocycles. The monoisotopic (exact) mass is 345 g/mol. The van der Waals surface area contributed by atoms with Gasteiger partial charge in [-0.05, 0) is 28.9 Å². The highest BCUT2D eigenvalue weighted by Crippen LogP contribution is 2.27. The Hall–Kier alpha value is -1.34. The first kappa shape index (κ1) is 15.1. The molecule has 0 radical (unpaired) electrons. The number of anilines is 2. The van der Waals surface area contributed by atoms with Crippen molar-refractivity contribution < 1.29 is 13.9 Å². The molecule has 1 aromatic rings. The van der Waals surface area contributed by atoms with Gasteiger partial charge in [-0.25, -0.2) is 4.39 Å². The topological polar surface area (TPSA) is 67.6 Å². The van der Waals surface area contributed by atoms with Crippen molar-refractivity contribution in [1.82, 2.24) is 4.90 Å². The summed E-state index contributed by atoms with van der Waals surface area (Å²) < 4.78 is 19.0. The Morgan fingerprint density at radius 1 is 1.50 bits per heavy atom. The molecule has 20 heavy (non-hydrogen) atoms. The van der Waals surface area contributed by atoms with Crippen molar-refractivity contribution in [1.29, 1.82) is 0 Å². The highest BCUT2D eigenvalue weighted by Gasteiger charge is 2.23. The number of benzene rings is 1. The van der Waals surface area contributed by atoms with E-state index in [1.165, 1.54) is 12.1 Å². The van der Waals surface area contributed by atoms with E-state index in [0.717, 1.165) is 0 Å². The second-order valence-corrected chi connectivity index (χ2v) is 5.51. The summed E-state index contributed by atoms with van der Waals surface area (Å²) in [6, 6.07) is 2.28. The zero-order valence-electron chi connectivity index (χ0n) is 11.2. The van der Waals surface area contributed by atoms with Gasteiger partial charge in [0, 0.05) is 19.2 Å². The number of nitrogens with two attached hydrogens (primary N) is 1. The molecule has 1 unspecified atom stereocenters. The minimum atomic E-state index is -0.476. The number of nitrogens with one attached hydrogen (secondary N) is 1. The van der Waals surface area contributed by atoms with Gasteiger partial charge < -0.3 is 20.7 Å². The van der Waals surface area contributed by atoms with Gasteiger partial charge in [0.05, 0.1) is 29.1 Å². The van der Waals surface area contributed by atoms with E-state index in [2.05, 4.69) is 21.2 Å². The number of nitrogens with zero attached hydrogens (tertiary/aromatic N) is 1. The van der Waals surface area contributed by atoms with E-state index < -0.39 is 11.9 Å². The summed E-state index contributed by atoms with van der Waals surface area (Å²) in [5.74, 6) is -0.469. The van der Waals surface area contributed by atoms with Crippen LogP contribution in [0.3, 0.4) is 0 Å². The maximum absolute atomic E-state index is 13.5. The third kappa shape index (κ3) is 3.40. The van der Waals surface area contributed by atoms with Gasteiger partial charge in [0.2, 0.25) is 5.91 Å². The summed E-state index contributed by atoms with van der Waals surface area (Å²) in [4.78, 5) is 14.0. The summed E-state index contributed by atoms with van der Waals surface area (Å²) in [6.45, 7) is 3.99. The lowest BCUT2D eigenvalue weighted by Gasteiger charge is -2.30. The molecule has 0 aromatic heterocycles. The number of hydrogen-bond donors (Lipinski definition) is 2. The molecular weight excluding hydrogens is 329 g/mol. The summed E-state index contributed by atoms with van der Waals surface area (Å²) >= 11 is 3.07. The molecule has 1 saturated heterocycles. The summed E-state index contributed by atoms with van der Waals surface area (Å²) in [5.41, 5.74) is 6.62. The van der Waals surface area contributed by atoms with E-state index >= 15 is 0 Å². The number of rotatable bonds is 3. The number of ether oxygens (including phenoxy) is 1. The van der Waals surface area contributed by atoms with Crippen LogP contribution in [0.1, 0.15) is 6.92 Å². The number of hydrogen-bond acceptors (Lipinski definition) is 4. The maximum atomic E-state index is 13.5. The molecule has 0 spiro atoms. The predicted molar refractivity (Wildman–Crippen MR) is 79.0 cm³/mol. The van der Waals surface area contributed by atoms with Crippen molar-refractivity contribution >= 4 is 33.2 Å². The fourth-order valence-electron chi connectivity index (χ4n) is 2.04. The average molecular weight is 346 g/mol. The van der Waals surface area contributed by atoms with E-state index in [1.54, 1.807) is 11.8 Å². The number of amides is 1. The zero-order chi connectivity index (χ0) is 14.7. The van der Waals surface area contributed by atoms with Gasteiger partial charge in [-0.1, -0.05) is 0 Å². The lowest BCUT2D eigenvalue weighted by atomic mass is 10.2. The Labute approximate surface area is 125 Å². The van der Waals surface area contributed by atoms with Crippen LogP contribution in [0.4, 0.5) is 15.8 Å². The van der Waals surface area contributed by atoms with Crippen LogP contribution in [0.5, 0.6) is 0 Å². The molecule has 1 atom stereocenters. The minimum Gasteiger partial charge on any atom is -0.397 e. The summed E-state index contributed by atoms with van der Waals surface area (Å²) in [7, 11) is 0. The molecule has 1 amide bonds. The van der Waals surface area contributed by atoms with Crippen molar-refractivity contribution in [2.75, 3.05) is 37.4 Å². The van der Waals surface area contributed by atoms with Crippen LogP contribution in [0, 0.1) is 5.82 Å². The number of carbonyl (C=O) groups is 1. The standard InChI is InChI=1S/C13H17BrFN3O2/c1-8(13(19)18-2-4-20-5-3-18)17-12-7-10(15)9(14)6-11(12)16/h6-8,17H,2-5,16H2,1H3. The van der Waals surface area contributed by atoms with Gasteiger partial charge in [0.1, 0.15) is 11.9 Å². The Balaban J connectivity index is 2.05. The molecule has 1 fully saturated rings. The second kappa shape index (κ2) is 6.41. The Morgan fingerprint density at radius 2 is 2.15 bits per heavy atom. The van der Waals surface area contributed by atoms with E-state index in [9.17, 15) is 9.18 Å². The number of morpholine rings is 1. The van der Waals surface area contributed by atoms with Gasteiger partial charge in [-0.3, -0.25) is 4.79 Å². The molecule has 0 bridgehead atoms. The van der Waals surface area contributed by atoms with E-state index in [1.807, 2.05) is 0 Å². The minimum absolute atomic E-state index is 0.0453. The quantitative estimate of drug-likeness (QED) is 0.820. The van der Waals surface area contributed by atoms with Crippen molar-refractivity contribution in [3.05, 3.63) is 22.4 Å². The molecule has 3 N–H and O–H groups in total. The van der Waals surface area contributed by atoms with Crippen LogP contribution in [-0.4, -0.2) is 43.2 Å². The molecule has 0 aliphatic carbocycles. The van der Waals surface area contributed by atoms with Gasteiger partial charge in [0.25, 0.3) is 0 Å². The van der Waals surface area contributed by atoms with Gasteiger partial charge in [0.15, 0.2) is 0 Å². The first-order valence-electron chi connectivity index (χ1n) is 6.36. The third-order valence-electron chi connectivity index (χ3n) is 3.16. The number of nitrogen functional groups attached to an aromatic ring is 1. The molecule has 110 valence electrons. The maximum Gasteiger partial charge on any atom is 0.244 e. The van der Waals surface area contributed by atoms with Crippen LogP contribution in [0.15, 0.2) is 16.6 Å². The number of carbonyl (C=O) groups excluding carboxylic acids is 1. The molecular formula is C13H17BrFN3O2. The Morgan fingerprint density at radius 3 is 2.80 bits per heavy atom. The molecule has 5 nitrogen and oxygen atoms in total. The predicted octanol–water partition coefficient (Wildman–Crippen LogP) is 1.83. The number of halogens is 2. The molecule has 2 rings (SSSR count). The molecule has 1 aliphatic heterocycles. The largest absolute Gasteiger partial charge is 0.397 e. The van der Waals surface area contributed by atoms with Crippen molar-refractivity contribution in [2.45, 2.75) is 13.0 Å². The lowest BCUT2D eigenvalue weighted by molar-refractivity contribution is -0.135. The molecule has 1 aliphatic rings. The molecule has 0 saturated carbocycles. The normalized spacial score (nSPS) is 16.9. The zero-order valence-corrected chi connectivity index (χ0v) is 12.7. The first-order valence-corrected chi connectivity index (χ1v) is 7.16. The summed E-state index contributed by atoms with van der Waals surface area (Å²) in [5, 5.41) is 2.96. The lowest BCUT2D eigenvalue weighted by Crippen LogP contribution is -2.47. The summed E-state index contributed by atoms with van der Waals surface area (Å²) in [6.07, 6.45) is 0. The average Bonchev–Trinajstić information content (AvgIpc) is 2.44. The molecule has 7 heteroatoms. The Kier molecular flexibility index (Phi) is 4.82. The fourth-order valence-corrected chi connectivity index (χ4v) is 2.40. The van der Waals surface area contributed by atoms with Gasteiger partial charge >= 0.3 is 0 Å². The van der Waals surface area contributed by atoms with E-state index in [-0.39, 0.29) is 5.91 Å². The first-order chi connectivity index (χ1) is 9.49.